The Kier molecular flexibility index (Phi) is 10.6. The lowest BCUT2D eigenvalue weighted by Crippen LogP contribution is -2.38. The second kappa shape index (κ2) is 13.7. The Hall–Kier alpha value is -1.96. The lowest BCUT2D eigenvalue weighted by Gasteiger charge is -2.28. The standard InChI is InChI=1S/C26H42N4O3/c1-21(2)26(32)30-14-7-5-3-4-6-11-27-20-23-19-22(9-10-24(23)30)25(31)28-12-8-13-29-15-17-33-18-16-29/h9-10,19,21,27H,3-8,11-18,20H2,1-2H3,(H,28,31). The topological polar surface area (TPSA) is 73.9 Å². The number of amides is 2. The third-order valence-electron chi connectivity index (χ3n) is 6.48. The fourth-order valence-electron chi connectivity index (χ4n) is 4.50. The fourth-order valence-corrected chi connectivity index (χ4v) is 4.50. The first kappa shape index (κ1) is 25.7. The van der Waals surface area contributed by atoms with Crippen molar-refractivity contribution in [2.75, 3.05) is 57.4 Å². The number of nitrogens with zero attached hydrogens (tertiary/aromatic N) is 2. The summed E-state index contributed by atoms with van der Waals surface area (Å²) in [5, 5.41) is 6.59. The van der Waals surface area contributed by atoms with Crippen LogP contribution in [0.4, 0.5) is 5.69 Å². The largest absolute Gasteiger partial charge is 0.379 e. The molecule has 7 heteroatoms. The normalized spacial score (nSPS) is 18.8. The van der Waals surface area contributed by atoms with Crippen molar-refractivity contribution in [1.29, 1.82) is 0 Å². The number of ether oxygens (including phenoxy) is 1. The molecule has 2 heterocycles. The minimum absolute atomic E-state index is 0.0485. The number of nitrogens with one attached hydrogen (secondary N) is 2. The molecule has 2 amide bonds. The SMILES string of the molecule is CC(C)C(=O)N1CCCCCCCNCc2cc(C(=O)NCCCN3CCOCC3)ccc21. The Morgan fingerprint density at radius 1 is 1.06 bits per heavy atom. The monoisotopic (exact) mass is 458 g/mol. The number of benzene rings is 1. The van der Waals surface area contributed by atoms with Gasteiger partial charge in [0.15, 0.2) is 0 Å². The van der Waals surface area contributed by atoms with E-state index in [9.17, 15) is 9.59 Å². The molecule has 0 bridgehead atoms. The highest BCUT2D eigenvalue weighted by Gasteiger charge is 2.22. The molecule has 7 nitrogen and oxygen atoms in total. The molecule has 0 aromatic heterocycles. The van der Waals surface area contributed by atoms with E-state index >= 15 is 0 Å². The first-order chi connectivity index (χ1) is 16.1. The number of fused-ring (bicyclic) bond motifs is 1. The molecule has 3 rings (SSSR count). The highest BCUT2D eigenvalue weighted by Crippen LogP contribution is 2.25. The van der Waals surface area contributed by atoms with Crippen LogP contribution in [0.5, 0.6) is 0 Å². The predicted octanol–water partition coefficient (Wildman–Crippen LogP) is 3.18. The Labute approximate surface area is 199 Å². The van der Waals surface area contributed by atoms with Crippen molar-refractivity contribution in [2.24, 2.45) is 5.92 Å². The van der Waals surface area contributed by atoms with E-state index in [0.717, 1.165) is 82.9 Å². The molecule has 0 atom stereocenters. The van der Waals surface area contributed by atoms with Crippen LogP contribution in [0.25, 0.3) is 0 Å². The Morgan fingerprint density at radius 3 is 2.61 bits per heavy atom. The van der Waals surface area contributed by atoms with Gasteiger partial charge >= 0.3 is 0 Å². The van der Waals surface area contributed by atoms with E-state index in [1.165, 1.54) is 12.8 Å². The summed E-state index contributed by atoms with van der Waals surface area (Å²) in [5.41, 5.74) is 2.61. The van der Waals surface area contributed by atoms with Gasteiger partial charge in [-0.2, -0.15) is 0 Å². The lowest BCUT2D eigenvalue weighted by molar-refractivity contribution is -0.121. The number of hydrogen-bond donors (Lipinski definition) is 2. The van der Waals surface area contributed by atoms with Crippen LogP contribution < -0.4 is 15.5 Å². The third-order valence-corrected chi connectivity index (χ3v) is 6.48. The molecule has 0 radical (unpaired) electrons. The number of carbonyl (C=O) groups is 2. The summed E-state index contributed by atoms with van der Waals surface area (Å²) in [7, 11) is 0. The molecule has 2 aliphatic rings. The van der Waals surface area contributed by atoms with Gasteiger partial charge in [-0.3, -0.25) is 14.5 Å². The van der Waals surface area contributed by atoms with Gasteiger partial charge in [0.05, 0.1) is 13.2 Å². The van der Waals surface area contributed by atoms with E-state index in [1.807, 2.05) is 36.9 Å². The molecule has 1 aromatic rings. The van der Waals surface area contributed by atoms with Crippen LogP contribution >= 0.6 is 0 Å². The van der Waals surface area contributed by atoms with Crippen molar-refractivity contribution < 1.29 is 14.3 Å². The zero-order valence-electron chi connectivity index (χ0n) is 20.5. The van der Waals surface area contributed by atoms with Crippen molar-refractivity contribution in [3.63, 3.8) is 0 Å². The van der Waals surface area contributed by atoms with E-state index < -0.39 is 0 Å². The van der Waals surface area contributed by atoms with Crippen LogP contribution in [0, 0.1) is 5.92 Å². The average molecular weight is 459 g/mol. The number of carbonyl (C=O) groups excluding carboxylic acids is 2. The van der Waals surface area contributed by atoms with E-state index in [2.05, 4.69) is 15.5 Å². The molecule has 2 N–H and O–H groups in total. The Balaban J connectivity index is 1.67. The molecule has 1 aromatic carbocycles. The minimum atomic E-state index is -0.0619. The number of morpholine rings is 1. The Bertz CT molecular complexity index is 762. The molecule has 0 saturated carbocycles. The van der Waals surface area contributed by atoms with Gasteiger partial charge in [-0.15, -0.1) is 0 Å². The van der Waals surface area contributed by atoms with Gasteiger partial charge in [-0.25, -0.2) is 0 Å². The predicted molar refractivity (Wildman–Crippen MR) is 133 cm³/mol. The van der Waals surface area contributed by atoms with Gasteiger partial charge in [0.1, 0.15) is 0 Å². The van der Waals surface area contributed by atoms with E-state index in [1.54, 1.807) is 0 Å². The van der Waals surface area contributed by atoms with Gasteiger partial charge in [-0.1, -0.05) is 33.1 Å². The van der Waals surface area contributed by atoms with Crippen LogP contribution in [0.3, 0.4) is 0 Å². The van der Waals surface area contributed by atoms with Gasteiger partial charge in [0.25, 0.3) is 5.91 Å². The van der Waals surface area contributed by atoms with E-state index in [0.29, 0.717) is 18.7 Å². The second-order valence-electron chi connectivity index (χ2n) is 9.50. The van der Waals surface area contributed by atoms with Gasteiger partial charge in [0, 0.05) is 49.9 Å². The maximum absolute atomic E-state index is 13.0. The van der Waals surface area contributed by atoms with E-state index in [-0.39, 0.29) is 17.7 Å². The maximum atomic E-state index is 13.0. The molecule has 0 spiro atoms. The highest BCUT2D eigenvalue weighted by atomic mass is 16.5. The van der Waals surface area contributed by atoms with Crippen molar-refractivity contribution in [3.05, 3.63) is 29.3 Å². The summed E-state index contributed by atoms with van der Waals surface area (Å²) in [6.45, 7) is 11.4. The molecule has 0 aliphatic carbocycles. The number of anilines is 1. The first-order valence-electron chi connectivity index (χ1n) is 12.8. The van der Waals surface area contributed by atoms with Crippen molar-refractivity contribution >= 4 is 17.5 Å². The molecule has 0 unspecified atom stereocenters. The van der Waals surface area contributed by atoms with Crippen LogP contribution in [0.2, 0.25) is 0 Å². The van der Waals surface area contributed by atoms with Crippen molar-refractivity contribution in [3.8, 4) is 0 Å². The average Bonchev–Trinajstić information content (AvgIpc) is 2.82. The summed E-state index contributed by atoms with van der Waals surface area (Å²) in [6.07, 6.45) is 6.66. The van der Waals surface area contributed by atoms with Gasteiger partial charge in [0.2, 0.25) is 5.91 Å². The van der Waals surface area contributed by atoms with Crippen LogP contribution in [0.15, 0.2) is 18.2 Å². The summed E-state index contributed by atoms with van der Waals surface area (Å²) in [5.74, 6) is 0.0365. The summed E-state index contributed by atoms with van der Waals surface area (Å²) >= 11 is 0. The first-order valence-corrected chi connectivity index (χ1v) is 12.8. The molecule has 2 aliphatic heterocycles. The summed E-state index contributed by atoms with van der Waals surface area (Å²) < 4.78 is 5.39. The molecular weight excluding hydrogens is 416 g/mol. The number of rotatable bonds is 6. The second-order valence-corrected chi connectivity index (χ2v) is 9.50. The molecule has 33 heavy (non-hydrogen) atoms. The van der Waals surface area contributed by atoms with Crippen molar-refractivity contribution in [1.82, 2.24) is 15.5 Å². The zero-order valence-corrected chi connectivity index (χ0v) is 20.5. The third kappa shape index (κ3) is 8.09. The Morgan fingerprint density at radius 2 is 1.82 bits per heavy atom. The summed E-state index contributed by atoms with van der Waals surface area (Å²) in [4.78, 5) is 30.2. The van der Waals surface area contributed by atoms with E-state index in [4.69, 9.17) is 4.74 Å². The smallest absolute Gasteiger partial charge is 0.251 e. The van der Waals surface area contributed by atoms with Crippen LogP contribution in [-0.4, -0.2) is 69.2 Å². The van der Waals surface area contributed by atoms with Crippen LogP contribution in [-0.2, 0) is 16.1 Å². The highest BCUT2D eigenvalue weighted by molar-refractivity contribution is 5.98. The van der Waals surface area contributed by atoms with Gasteiger partial charge < -0.3 is 20.3 Å². The van der Waals surface area contributed by atoms with Crippen LogP contribution in [0.1, 0.15) is 68.3 Å². The molecular formula is C26H42N4O3. The fraction of sp³-hybridized carbons (Fsp3) is 0.692. The van der Waals surface area contributed by atoms with Gasteiger partial charge in [-0.05, 0) is 56.1 Å². The summed E-state index contributed by atoms with van der Waals surface area (Å²) in [6, 6.07) is 5.79. The molecule has 1 fully saturated rings. The zero-order chi connectivity index (χ0) is 23.5. The quantitative estimate of drug-likeness (QED) is 0.641. The maximum Gasteiger partial charge on any atom is 0.251 e. The number of hydrogen-bond acceptors (Lipinski definition) is 5. The van der Waals surface area contributed by atoms with Crippen molar-refractivity contribution in [2.45, 2.75) is 58.9 Å². The minimum Gasteiger partial charge on any atom is -0.379 e. The molecule has 184 valence electrons. The lowest BCUT2D eigenvalue weighted by atomic mass is 10.0. The molecule has 1 saturated heterocycles.